The Morgan fingerprint density at radius 2 is 1.91 bits per heavy atom. The molecule has 22 heavy (non-hydrogen) atoms. The molecule has 1 N–H and O–H groups in total. The zero-order chi connectivity index (χ0) is 15.8. The summed E-state index contributed by atoms with van der Waals surface area (Å²) in [5.41, 5.74) is 3.23. The average molecular weight is 300 g/mol. The molecule has 0 bridgehead atoms. The fourth-order valence-corrected chi connectivity index (χ4v) is 2.36. The number of methoxy groups -OCH3 is 1. The average Bonchev–Trinajstić information content (AvgIpc) is 2.53. The van der Waals surface area contributed by atoms with Crippen molar-refractivity contribution in [3.8, 4) is 5.75 Å². The number of aromatic nitrogens is 1. The molecule has 0 amide bonds. The van der Waals surface area contributed by atoms with Crippen LogP contribution in [0.3, 0.4) is 0 Å². The first-order valence-electron chi connectivity index (χ1n) is 7.54. The van der Waals surface area contributed by atoms with Crippen molar-refractivity contribution >= 4 is 0 Å². The summed E-state index contributed by atoms with van der Waals surface area (Å²) in [6.45, 7) is 6.03. The Balaban J connectivity index is 2.06. The molecule has 2 rings (SSSR count). The molecule has 1 unspecified atom stereocenters. The summed E-state index contributed by atoms with van der Waals surface area (Å²) < 4.78 is 11.2. The second-order valence-corrected chi connectivity index (χ2v) is 5.26. The van der Waals surface area contributed by atoms with Gasteiger partial charge in [0, 0.05) is 19.9 Å². The van der Waals surface area contributed by atoms with E-state index in [4.69, 9.17) is 9.47 Å². The van der Waals surface area contributed by atoms with Gasteiger partial charge in [-0.05, 0) is 31.0 Å². The van der Waals surface area contributed by atoms with Gasteiger partial charge in [0.25, 0.3) is 0 Å². The van der Waals surface area contributed by atoms with E-state index in [2.05, 4.69) is 22.4 Å². The minimum absolute atomic E-state index is 0.121. The second kappa shape index (κ2) is 8.51. The molecule has 1 heterocycles. The van der Waals surface area contributed by atoms with Gasteiger partial charge >= 0.3 is 0 Å². The number of nitrogens with one attached hydrogen (secondary N) is 1. The SMILES string of the molecule is COCCNC(COc1c(C)ccnc1C)c1ccccc1. The summed E-state index contributed by atoms with van der Waals surface area (Å²) in [4.78, 5) is 4.30. The molecule has 0 spiro atoms. The smallest absolute Gasteiger partial charge is 0.143 e. The topological polar surface area (TPSA) is 43.4 Å². The predicted octanol–water partition coefficient (Wildman–Crippen LogP) is 3.05. The zero-order valence-electron chi connectivity index (χ0n) is 13.5. The van der Waals surface area contributed by atoms with Gasteiger partial charge in [-0.25, -0.2) is 0 Å². The Morgan fingerprint density at radius 3 is 2.59 bits per heavy atom. The van der Waals surface area contributed by atoms with Gasteiger partial charge < -0.3 is 14.8 Å². The van der Waals surface area contributed by atoms with Crippen molar-refractivity contribution in [1.29, 1.82) is 0 Å². The number of rotatable bonds is 8. The summed E-state index contributed by atoms with van der Waals surface area (Å²) in [5.74, 6) is 0.872. The zero-order valence-corrected chi connectivity index (χ0v) is 13.5. The van der Waals surface area contributed by atoms with Gasteiger partial charge in [0.15, 0.2) is 0 Å². The normalized spacial score (nSPS) is 12.1. The van der Waals surface area contributed by atoms with Gasteiger partial charge in [-0.3, -0.25) is 4.98 Å². The molecule has 1 aromatic carbocycles. The molecular weight excluding hydrogens is 276 g/mol. The lowest BCUT2D eigenvalue weighted by molar-refractivity contribution is 0.187. The van der Waals surface area contributed by atoms with Crippen molar-refractivity contribution in [1.82, 2.24) is 10.3 Å². The number of pyridine rings is 1. The van der Waals surface area contributed by atoms with E-state index in [9.17, 15) is 0 Å². The minimum atomic E-state index is 0.121. The Kier molecular flexibility index (Phi) is 6.37. The largest absolute Gasteiger partial charge is 0.489 e. The maximum atomic E-state index is 6.05. The van der Waals surface area contributed by atoms with Crippen molar-refractivity contribution in [3.63, 3.8) is 0 Å². The molecule has 0 saturated carbocycles. The highest BCUT2D eigenvalue weighted by atomic mass is 16.5. The molecule has 0 radical (unpaired) electrons. The summed E-state index contributed by atoms with van der Waals surface area (Å²) >= 11 is 0. The molecular formula is C18H24N2O2. The molecule has 1 atom stereocenters. The Labute approximate surface area is 132 Å². The molecule has 0 aliphatic carbocycles. The van der Waals surface area contributed by atoms with Gasteiger partial charge in [0.2, 0.25) is 0 Å². The fourth-order valence-electron chi connectivity index (χ4n) is 2.36. The van der Waals surface area contributed by atoms with Crippen LogP contribution in [0.4, 0.5) is 0 Å². The van der Waals surface area contributed by atoms with Crippen LogP contribution in [0.1, 0.15) is 22.9 Å². The van der Waals surface area contributed by atoms with Crippen LogP contribution in [0.2, 0.25) is 0 Å². The minimum Gasteiger partial charge on any atom is -0.489 e. The molecule has 118 valence electrons. The van der Waals surface area contributed by atoms with Crippen LogP contribution >= 0.6 is 0 Å². The molecule has 1 aromatic heterocycles. The van der Waals surface area contributed by atoms with Gasteiger partial charge in [0.05, 0.1) is 18.3 Å². The lowest BCUT2D eigenvalue weighted by Crippen LogP contribution is -2.29. The maximum Gasteiger partial charge on any atom is 0.143 e. The van der Waals surface area contributed by atoms with Gasteiger partial charge in [-0.15, -0.1) is 0 Å². The van der Waals surface area contributed by atoms with Crippen molar-refractivity contribution in [2.45, 2.75) is 19.9 Å². The molecule has 0 aliphatic rings. The molecule has 0 aliphatic heterocycles. The number of aryl methyl sites for hydroxylation is 2. The van der Waals surface area contributed by atoms with E-state index < -0.39 is 0 Å². The van der Waals surface area contributed by atoms with Crippen LogP contribution in [0.5, 0.6) is 5.75 Å². The number of hydrogen-bond acceptors (Lipinski definition) is 4. The van der Waals surface area contributed by atoms with Crippen LogP contribution in [0, 0.1) is 13.8 Å². The standard InChI is InChI=1S/C18H24N2O2/c1-14-9-10-19-15(2)18(14)22-13-17(20-11-12-21-3)16-7-5-4-6-8-16/h4-10,17,20H,11-13H2,1-3H3. The maximum absolute atomic E-state index is 6.05. The lowest BCUT2D eigenvalue weighted by atomic mass is 10.1. The number of nitrogens with zero attached hydrogens (tertiary/aromatic N) is 1. The number of hydrogen-bond donors (Lipinski definition) is 1. The number of ether oxygens (including phenoxy) is 2. The Hall–Kier alpha value is -1.91. The van der Waals surface area contributed by atoms with Crippen molar-refractivity contribution in [2.75, 3.05) is 26.9 Å². The molecule has 0 saturated heterocycles. The molecule has 4 heteroatoms. The van der Waals surface area contributed by atoms with E-state index in [1.807, 2.05) is 44.3 Å². The third kappa shape index (κ3) is 4.55. The van der Waals surface area contributed by atoms with E-state index in [-0.39, 0.29) is 6.04 Å². The third-order valence-corrected chi connectivity index (χ3v) is 3.57. The van der Waals surface area contributed by atoms with Crippen LogP contribution < -0.4 is 10.1 Å². The third-order valence-electron chi connectivity index (χ3n) is 3.57. The Bertz CT molecular complexity index is 552. The lowest BCUT2D eigenvalue weighted by Gasteiger charge is -2.21. The predicted molar refractivity (Wildman–Crippen MR) is 88.3 cm³/mol. The van der Waals surface area contributed by atoms with E-state index in [1.54, 1.807) is 7.11 Å². The first kappa shape index (κ1) is 16.5. The molecule has 2 aromatic rings. The van der Waals surface area contributed by atoms with Gasteiger partial charge in [0.1, 0.15) is 12.4 Å². The van der Waals surface area contributed by atoms with Crippen molar-refractivity contribution < 1.29 is 9.47 Å². The van der Waals surface area contributed by atoms with Crippen LogP contribution in [0.15, 0.2) is 42.6 Å². The van der Waals surface area contributed by atoms with E-state index in [0.29, 0.717) is 13.2 Å². The number of benzene rings is 1. The Morgan fingerprint density at radius 1 is 1.14 bits per heavy atom. The van der Waals surface area contributed by atoms with Crippen LogP contribution in [0.25, 0.3) is 0 Å². The highest BCUT2D eigenvalue weighted by molar-refractivity contribution is 5.35. The van der Waals surface area contributed by atoms with Crippen LogP contribution in [-0.2, 0) is 4.74 Å². The monoisotopic (exact) mass is 300 g/mol. The summed E-state index contributed by atoms with van der Waals surface area (Å²) in [6, 6.07) is 12.4. The van der Waals surface area contributed by atoms with Gasteiger partial charge in [-0.2, -0.15) is 0 Å². The summed E-state index contributed by atoms with van der Waals surface area (Å²) in [6.07, 6.45) is 1.81. The first-order valence-corrected chi connectivity index (χ1v) is 7.54. The van der Waals surface area contributed by atoms with E-state index in [0.717, 1.165) is 23.6 Å². The molecule has 4 nitrogen and oxygen atoms in total. The van der Waals surface area contributed by atoms with Crippen LogP contribution in [-0.4, -0.2) is 31.9 Å². The first-order chi connectivity index (χ1) is 10.7. The van der Waals surface area contributed by atoms with Crippen molar-refractivity contribution in [3.05, 3.63) is 59.4 Å². The highest BCUT2D eigenvalue weighted by Gasteiger charge is 2.13. The summed E-state index contributed by atoms with van der Waals surface area (Å²) in [5, 5.41) is 3.48. The quantitative estimate of drug-likeness (QED) is 0.761. The second-order valence-electron chi connectivity index (χ2n) is 5.26. The molecule has 0 fully saturated rings. The fraction of sp³-hybridized carbons (Fsp3) is 0.389. The van der Waals surface area contributed by atoms with E-state index >= 15 is 0 Å². The van der Waals surface area contributed by atoms with Crippen molar-refractivity contribution in [2.24, 2.45) is 0 Å². The van der Waals surface area contributed by atoms with Gasteiger partial charge in [-0.1, -0.05) is 30.3 Å². The highest BCUT2D eigenvalue weighted by Crippen LogP contribution is 2.22. The summed E-state index contributed by atoms with van der Waals surface area (Å²) in [7, 11) is 1.71. The van der Waals surface area contributed by atoms with E-state index in [1.165, 1.54) is 5.56 Å².